The van der Waals surface area contributed by atoms with Crippen LogP contribution in [0, 0.1) is 5.92 Å². The Morgan fingerprint density at radius 1 is 1.31 bits per heavy atom. The largest absolute Gasteiger partial charge is 0.455 e. The molecular weight excluding hydrogens is 368 g/mol. The summed E-state index contributed by atoms with van der Waals surface area (Å²) in [7, 11) is 0. The van der Waals surface area contributed by atoms with E-state index < -0.39 is 5.97 Å². The van der Waals surface area contributed by atoms with Gasteiger partial charge in [0, 0.05) is 13.1 Å². The van der Waals surface area contributed by atoms with E-state index >= 15 is 0 Å². The van der Waals surface area contributed by atoms with Gasteiger partial charge in [0.2, 0.25) is 0 Å². The average Bonchev–Trinajstić information content (AvgIpc) is 2.65. The number of carbonyl (C=O) groups excluding carboxylic acids is 2. The monoisotopic (exact) mass is 394 g/mol. The Hall–Kier alpha value is -1.60. The van der Waals surface area contributed by atoms with Crippen molar-refractivity contribution in [3.63, 3.8) is 0 Å². The Bertz CT molecular complexity index is 616. The summed E-state index contributed by atoms with van der Waals surface area (Å²) in [4.78, 5) is 25.9. The van der Waals surface area contributed by atoms with E-state index in [1.54, 1.807) is 0 Å². The number of thioether (sulfide) groups is 1. The molecule has 1 atom stereocenters. The van der Waals surface area contributed by atoms with Crippen LogP contribution in [0.2, 0.25) is 0 Å². The summed E-state index contributed by atoms with van der Waals surface area (Å²) in [5.74, 6) is 0.130. The van der Waals surface area contributed by atoms with Gasteiger partial charge >= 0.3 is 5.97 Å². The molecule has 1 aliphatic rings. The minimum absolute atomic E-state index is 0.131. The number of thiocarbonyl (C=S) groups is 1. The lowest BCUT2D eigenvalue weighted by molar-refractivity contribution is -0.146. The molecule has 0 spiro atoms. The summed E-state index contributed by atoms with van der Waals surface area (Å²) in [6.07, 6.45) is 2.26. The van der Waals surface area contributed by atoms with Gasteiger partial charge in [-0.2, -0.15) is 0 Å². The van der Waals surface area contributed by atoms with Gasteiger partial charge in [-0.15, -0.1) is 0 Å². The number of rotatable bonds is 6. The van der Waals surface area contributed by atoms with Crippen LogP contribution in [0.3, 0.4) is 0 Å². The molecule has 1 saturated heterocycles. The molecule has 26 heavy (non-hydrogen) atoms. The molecular formula is C19H26N2O3S2. The van der Waals surface area contributed by atoms with E-state index in [2.05, 4.69) is 17.1 Å². The van der Waals surface area contributed by atoms with Crippen LogP contribution in [0.4, 0.5) is 0 Å². The molecule has 0 aromatic heterocycles. The van der Waals surface area contributed by atoms with Gasteiger partial charge in [0.1, 0.15) is 4.32 Å². The van der Waals surface area contributed by atoms with Crippen molar-refractivity contribution in [1.82, 2.24) is 10.2 Å². The van der Waals surface area contributed by atoms with Crippen LogP contribution < -0.4 is 5.32 Å². The SMILES string of the molecule is CC1CCN(C(=S)SCC(=O)OCC(=O)NC(C)c2ccccc2)CC1. The van der Waals surface area contributed by atoms with Crippen LogP contribution in [0.15, 0.2) is 30.3 Å². The van der Waals surface area contributed by atoms with E-state index in [1.807, 2.05) is 37.3 Å². The molecule has 1 heterocycles. The highest BCUT2D eigenvalue weighted by atomic mass is 32.2. The molecule has 1 N–H and O–H groups in total. The van der Waals surface area contributed by atoms with Crippen molar-refractivity contribution in [2.45, 2.75) is 32.7 Å². The molecule has 0 radical (unpaired) electrons. The minimum atomic E-state index is -0.426. The fraction of sp³-hybridized carbons (Fsp3) is 0.526. The van der Waals surface area contributed by atoms with Crippen LogP contribution in [-0.2, 0) is 14.3 Å². The molecule has 0 bridgehead atoms. The van der Waals surface area contributed by atoms with E-state index in [-0.39, 0.29) is 24.3 Å². The van der Waals surface area contributed by atoms with Gasteiger partial charge in [-0.25, -0.2) is 0 Å². The molecule has 1 amide bonds. The maximum absolute atomic E-state index is 11.9. The number of amides is 1. The topological polar surface area (TPSA) is 58.6 Å². The van der Waals surface area contributed by atoms with Gasteiger partial charge in [0.25, 0.3) is 5.91 Å². The Morgan fingerprint density at radius 3 is 2.62 bits per heavy atom. The van der Waals surface area contributed by atoms with Gasteiger partial charge in [-0.05, 0) is 31.2 Å². The zero-order valence-electron chi connectivity index (χ0n) is 15.3. The Morgan fingerprint density at radius 2 is 1.96 bits per heavy atom. The van der Waals surface area contributed by atoms with Gasteiger partial charge in [-0.3, -0.25) is 9.59 Å². The molecule has 1 aromatic rings. The first-order valence-electron chi connectivity index (χ1n) is 8.87. The maximum Gasteiger partial charge on any atom is 0.316 e. The fourth-order valence-corrected chi connectivity index (χ4v) is 3.75. The van der Waals surface area contributed by atoms with Crippen molar-refractivity contribution in [3.05, 3.63) is 35.9 Å². The minimum Gasteiger partial charge on any atom is -0.455 e. The van der Waals surface area contributed by atoms with Gasteiger partial charge < -0.3 is 15.0 Å². The quantitative estimate of drug-likeness (QED) is 0.591. The Kier molecular flexibility index (Phi) is 8.38. The van der Waals surface area contributed by atoms with E-state index in [0.29, 0.717) is 0 Å². The molecule has 5 nitrogen and oxygen atoms in total. The zero-order chi connectivity index (χ0) is 18.9. The predicted molar refractivity (Wildman–Crippen MR) is 109 cm³/mol. The lowest BCUT2D eigenvalue weighted by atomic mass is 10.00. The number of carbonyl (C=O) groups is 2. The van der Waals surface area contributed by atoms with Crippen LogP contribution in [0.25, 0.3) is 0 Å². The molecule has 0 saturated carbocycles. The summed E-state index contributed by atoms with van der Waals surface area (Å²) < 4.78 is 5.78. The van der Waals surface area contributed by atoms with Crippen LogP contribution in [0.1, 0.15) is 38.3 Å². The van der Waals surface area contributed by atoms with Crippen molar-refractivity contribution in [3.8, 4) is 0 Å². The van der Waals surface area contributed by atoms with E-state index in [9.17, 15) is 9.59 Å². The van der Waals surface area contributed by atoms with Crippen molar-refractivity contribution in [1.29, 1.82) is 0 Å². The number of hydrogen-bond donors (Lipinski definition) is 1. The van der Waals surface area contributed by atoms with E-state index in [4.69, 9.17) is 17.0 Å². The fourth-order valence-electron chi connectivity index (χ4n) is 2.70. The maximum atomic E-state index is 11.9. The number of nitrogens with one attached hydrogen (secondary N) is 1. The summed E-state index contributed by atoms with van der Waals surface area (Å²) in [6.45, 7) is 5.76. The first kappa shape index (κ1) is 20.7. The molecule has 142 valence electrons. The molecule has 2 rings (SSSR count). The average molecular weight is 395 g/mol. The van der Waals surface area contributed by atoms with Crippen molar-refractivity contribution in [2.75, 3.05) is 25.4 Å². The van der Waals surface area contributed by atoms with Crippen LogP contribution in [-0.4, -0.2) is 46.5 Å². The highest BCUT2D eigenvalue weighted by Gasteiger charge is 2.19. The third-order valence-electron chi connectivity index (χ3n) is 4.40. The number of ether oxygens (including phenoxy) is 1. The van der Waals surface area contributed by atoms with E-state index in [0.717, 1.165) is 41.7 Å². The normalized spacial score (nSPS) is 16.0. The molecule has 1 fully saturated rings. The van der Waals surface area contributed by atoms with Gasteiger partial charge in [0.15, 0.2) is 6.61 Å². The molecule has 7 heteroatoms. The van der Waals surface area contributed by atoms with Crippen LogP contribution in [0.5, 0.6) is 0 Å². The predicted octanol–water partition coefficient (Wildman–Crippen LogP) is 3.16. The second-order valence-corrected chi connectivity index (χ2v) is 8.19. The highest BCUT2D eigenvalue weighted by molar-refractivity contribution is 8.23. The molecule has 1 aliphatic heterocycles. The summed E-state index contributed by atoms with van der Waals surface area (Å²) >= 11 is 6.69. The number of nitrogens with zero attached hydrogens (tertiary/aromatic N) is 1. The number of likely N-dealkylation sites (tertiary alicyclic amines) is 1. The van der Waals surface area contributed by atoms with Crippen molar-refractivity contribution < 1.29 is 14.3 Å². The van der Waals surface area contributed by atoms with Crippen molar-refractivity contribution >= 4 is 40.2 Å². The highest BCUT2D eigenvalue weighted by Crippen LogP contribution is 2.20. The summed E-state index contributed by atoms with van der Waals surface area (Å²) in [5, 5.41) is 2.82. The lowest BCUT2D eigenvalue weighted by Crippen LogP contribution is -2.36. The number of hydrogen-bond acceptors (Lipinski definition) is 5. The third-order valence-corrected chi connectivity index (χ3v) is 5.89. The smallest absolute Gasteiger partial charge is 0.316 e. The molecule has 1 aromatic carbocycles. The summed E-state index contributed by atoms with van der Waals surface area (Å²) in [5.41, 5.74) is 1.00. The number of esters is 1. The first-order chi connectivity index (χ1) is 12.5. The molecule has 0 aliphatic carbocycles. The van der Waals surface area contributed by atoms with E-state index in [1.165, 1.54) is 11.8 Å². The Labute approximate surface area is 164 Å². The molecule has 1 unspecified atom stereocenters. The van der Waals surface area contributed by atoms with Gasteiger partial charge in [0.05, 0.1) is 11.8 Å². The Balaban J connectivity index is 1.63. The van der Waals surface area contributed by atoms with Crippen LogP contribution >= 0.6 is 24.0 Å². The van der Waals surface area contributed by atoms with Gasteiger partial charge in [-0.1, -0.05) is 61.2 Å². The third kappa shape index (κ3) is 6.96. The second-order valence-electron chi connectivity index (χ2n) is 6.58. The zero-order valence-corrected chi connectivity index (χ0v) is 16.9. The van der Waals surface area contributed by atoms with Crippen molar-refractivity contribution in [2.24, 2.45) is 5.92 Å². The summed E-state index contributed by atoms with van der Waals surface area (Å²) in [6, 6.07) is 9.51. The first-order valence-corrected chi connectivity index (χ1v) is 10.3. The number of piperidine rings is 1. The standard InChI is InChI=1S/C19H26N2O3S2/c1-14-8-10-21(11-9-14)19(25)26-13-18(23)24-12-17(22)20-15(2)16-6-4-3-5-7-16/h3-7,14-15H,8-13H2,1-2H3,(H,20,22). The second kappa shape index (κ2) is 10.5. The lowest BCUT2D eigenvalue weighted by Gasteiger charge is -2.31. The number of benzene rings is 1.